The fraction of sp³-hybridized carbons (Fsp3) is 0.611. The molecule has 1 aromatic rings. The molecule has 0 bridgehead atoms. The first-order valence-electron chi connectivity index (χ1n) is 7.71. The van der Waals surface area contributed by atoms with E-state index in [0.29, 0.717) is 11.7 Å². The monoisotopic (exact) mass is 294 g/mol. The number of carbonyl (C=O) groups is 1. The van der Waals surface area contributed by atoms with Gasteiger partial charge in [0.25, 0.3) is 0 Å². The van der Waals surface area contributed by atoms with E-state index in [-0.39, 0.29) is 23.1 Å². The first-order valence-corrected chi connectivity index (χ1v) is 7.71. The Balaban J connectivity index is 0.00000191. The molecule has 0 aliphatic carbocycles. The van der Waals surface area contributed by atoms with Crippen LogP contribution < -0.4 is 4.74 Å². The predicted molar refractivity (Wildman–Crippen MR) is 87.5 cm³/mol. The molecule has 1 atom stereocenters. The quantitative estimate of drug-likeness (QED) is 0.625. The van der Waals surface area contributed by atoms with Crippen molar-refractivity contribution >= 4 is 5.97 Å². The van der Waals surface area contributed by atoms with Gasteiger partial charge >= 0.3 is 5.97 Å². The topological polar surface area (TPSA) is 46.5 Å². The molecule has 0 heterocycles. The van der Waals surface area contributed by atoms with Crippen LogP contribution >= 0.6 is 0 Å². The number of carbonyl (C=O) groups excluding carboxylic acids is 1. The van der Waals surface area contributed by atoms with E-state index in [1.807, 2.05) is 13.8 Å². The number of hydrogen-bond acceptors (Lipinski definition) is 3. The van der Waals surface area contributed by atoms with Crippen molar-refractivity contribution < 1.29 is 14.6 Å². The van der Waals surface area contributed by atoms with Crippen LogP contribution in [-0.2, 0) is 4.79 Å². The van der Waals surface area contributed by atoms with Crippen LogP contribution in [0.3, 0.4) is 0 Å². The smallest absolute Gasteiger partial charge is 0.314 e. The summed E-state index contributed by atoms with van der Waals surface area (Å²) >= 11 is 0. The molecule has 0 amide bonds. The Kier molecular flexibility index (Phi) is 8.08. The van der Waals surface area contributed by atoms with Gasteiger partial charge in [-0.2, -0.15) is 0 Å². The maximum Gasteiger partial charge on any atom is 0.314 e. The van der Waals surface area contributed by atoms with Crippen LogP contribution in [0.4, 0.5) is 0 Å². The highest BCUT2D eigenvalue weighted by atomic mass is 16.5. The number of phenols is 1. The summed E-state index contributed by atoms with van der Waals surface area (Å²) in [7, 11) is 0. The predicted octanol–water partition coefficient (Wildman–Crippen LogP) is 5.03. The van der Waals surface area contributed by atoms with Gasteiger partial charge in [0.1, 0.15) is 11.5 Å². The number of benzene rings is 1. The van der Waals surface area contributed by atoms with Crippen molar-refractivity contribution in [3.05, 3.63) is 24.3 Å². The van der Waals surface area contributed by atoms with Gasteiger partial charge in [-0.3, -0.25) is 4.79 Å². The van der Waals surface area contributed by atoms with Crippen LogP contribution in [0.25, 0.3) is 0 Å². The third kappa shape index (κ3) is 7.16. The second-order valence-corrected chi connectivity index (χ2v) is 6.46. The fourth-order valence-electron chi connectivity index (χ4n) is 1.98. The maximum atomic E-state index is 12.3. The molecule has 0 aromatic heterocycles. The number of hydrogen-bond donors (Lipinski definition) is 1. The molecule has 3 heteroatoms. The Morgan fingerprint density at radius 2 is 1.62 bits per heavy atom. The van der Waals surface area contributed by atoms with E-state index >= 15 is 0 Å². The van der Waals surface area contributed by atoms with Gasteiger partial charge < -0.3 is 9.84 Å². The van der Waals surface area contributed by atoms with Crippen LogP contribution in [0, 0.1) is 17.3 Å². The van der Waals surface area contributed by atoms with E-state index in [9.17, 15) is 9.90 Å². The summed E-state index contributed by atoms with van der Waals surface area (Å²) in [6, 6.07) is 6.22. The number of phenolic OH excluding ortho intramolecular Hbond substituents is 1. The number of esters is 1. The minimum absolute atomic E-state index is 0.127. The van der Waals surface area contributed by atoms with Gasteiger partial charge in [-0.15, -0.1) is 0 Å². The van der Waals surface area contributed by atoms with E-state index in [2.05, 4.69) is 34.6 Å². The van der Waals surface area contributed by atoms with Gasteiger partial charge in [0.15, 0.2) is 0 Å². The number of rotatable bonds is 4. The summed E-state index contributed by atoms with van der Waals surface area (Å²) < 4.78 is 5.41. The number of aromatic hydroxyl groups is 1. The van der Waals surface area contributed by atoms with E-state index in [1.54, 1.807) is 12.1 Å². The molecule has 1 unspecified atom stereocenters. The lowest BCUT2D eigenvalue weighted by Gasteiger charge is -2.30. The molecule has 3 nitrogen and oxygen atoms in total. The Hall–Kier alpha value is -1.51. The second-order valence-electron chi connectivity index (χ2n) is 6.46. The molecule has 0 aliphatic rings. The molecule has 1 rings (SSSR count). The molecule has 0 saturated carbocycles. The lowest BCUT2D eigenvalue weighted by molar-refractivity contribution is -0.143. The van der Waals surface area contributed by atoms with Gasteiger partial charge in [0.05, 0.1) is 5.92 Å². The molecule has 0 fully saturated rings. The first-order chi connectivity index (χ1) is 9.70. The molecule has 1 N–H and O–H groups in total. The highest BCUT2D eigenvalue weighted by Gasteiger charge is 2.33. The third-order valence-corrected chi connectivity index (χ3v) is 3.09. The zero-order chi connectivity index (χ0) is 16.6. The molecular weight excluding hydrogens is 264 g/mol. The lowest BCUT2D eigenvalue weighted by Crippen LogP contribution is -2.33. The first kappa shape index (κ1) is 19.5. The van der Waals surface area contributed by atoms with Crippen molar-refractivity contribution in [3.8, 4) is 11.5 Å². The van der Waals surface area contributed by atoms with Crippen LogP contribution in [0.2, 0.25) is 0 Å². The molecule has 120 valence electrons. The van der Waals surface area contributed by atoms with Gasteiger partial charge in [0, 0.05) is 0 Å². The van der Waals surface area contributed by atoms with E-state index in [1.165, 1.54) is 12.1 Å². The normalized spacial score (nSPS) is 12.4. The molecule has 0 aliphatic heterocycles. The highest BCUT2D eigenvalue weighted by molar-refractivity contribution is 5.76. The zero-order valence-electron chi connectivity index (χ0n) is 14.4. The van der Waals surface area contributed by atoms with Crippen LogP contribution in [-0.4, -0.2) is 11.1 Å². The zero-order valence-corrected chi connectivity index (χ0v) is 14.4. The third-order valence-electron chi connectivity index (χ3n) is 3.09. The summed E-state index contributed by atoms with van der Waals surface area (Å²) in [6.45, 7) is 14.4. The van der Waals surface area contributed by atoms with Crippen molar-refractivity contribution in [2.75, 3.05) is 0 Å². The Morgan fingerprint density at radius 1 is 1.14 bits per heavy atom. The van der Waals surface area contributed by atoms with Crippen LogP contribution in [0.5, 0.6) is 11.5 Å². The summed E-state index contributed by atoms with van der Waals surface area (Å²) in [5.74, 6) is 0.736. The average molecular weight is 294 g/mol. The largest absolute Gasteiger partial charge is 0.508 e. The van der Waals surface area contributed by atoms with Gasteiger partial charge in [-0.1, -0.05) is 48.5 Å². The van der Waals surface area contributed by atoms with Crippen molar-refractivity contribution in [3.63, 3.8) is 0 Å². The van der Waals surface area contributed by atoms with Crippen molar-refractivity contribution in [2.45, 2.75) is 54.9 Å². The minimum atomic E-state index is -0.202. The standard InChI is InChI=1S/C16H24O3.C2H6/c1-11(2)10-14(16(3,4)5)15(18)19-13-8-6-12(17)7-9-13;1-2/h6-9,11,14,17H,10H2,1-5H3;1-2H3. The molecule has 0 spiro atoms. The highest BCUT2D eigenvalue weighted by Crippen LogP contribution is 2.33. The Morgan fingerprint density at radius 3 is 2.00 bits per heavy atom. The summed E-state index contributed by atoms with van der Waals surface area (Å²) in [6.07, 6.45) is 0.806. The molecule has 0 saturated heterocycles. The van der Waals surface area contributed by atoms with E-state index in [0.717, 1.165) is 6.42 Å². The maximum absolute atomic E-state index is 12.3. The van der Waals surface area contributed by atoms with Gasteiger partial charge in [0.2, 0.25) is 0 Å². The van der Waals surface area contributed by atoms with Crippen molar-refractivity contribution in [1.82, 2.24) is 0 Å². The lowest BCUT2D eigenvalue weighted by atomic mass is 9.76. The fourth-order valence-corrected chi connectivity index (χ4v) is 1.98. The summed E-state index contributed by atoms with van der Waals surface area (Å²) in [5.41, 5.74) is -0.127. The van der Waals surface area contributed by atoms with Gasteiger partial charge in [-0.25, -0.2) is 0 Å². The Labute approximate surface area is 129 Å². The SMILES string of the molecule is CC.CC(C)CC(C(=O)Oc1ccc(O)cc1)C(C)(C)C. The second kappa shape index (κ2) is 8.71. The molecule has 21 heavy (non-hydrogen) atoms. The Bertz CT molecular complexity index is 413. The number of ether oxygens (including phenoxy) is 1. The van der Waals surface area contributed by atoms with Crippen LogP contribution in [0.1, 0.15) is 54.9 Å². The van der Waals surface area contributed by atoms with E-state index in [4.69, 9.17) is 4.74 Å². The van der Waals surface area contributed by atoms with Crippen LogP contribution in [0.15, 0.2) is 24.3 Å². The van der Waals surface area contributed by atoms with Crippen molar-refractivity contribution in [2.24, 2.45) is 17.3 Å². The molecule has 0 radical (unpaired) electrons. The van der Waals surface area contributed by atoms with E-state index < -0.39 is 0 Å². The van der Waals surface area contributed by atoms with Crippen molar-refractivity contribution in [1.29, 1.82) is 0 Å². The summed E-state index contributed by atoms with van der Waals surface area (Å²) in [5, 5.41) is 9.21. The molecular formula is C18H30O3. The summed E-state index contributed by atoms with van der Waals surface area (Å²) in [4.78, 5) is 12.3. The average Bonchev–Trinajstić information content (AvgIpc) is 2.39. The minimum Gasteiger partial charge on any atom is -0.508 e. The molecule has 1 aromatic carbocycles. The van der Waals surface area contributed by atoms with Gasteiger partial charge in [-0.05, 0) is 42.0 Å².